The number of urea groups is 1. The van der Waals surface area contributed by atoms with E-state index >= 15 is 0 Å². The van der Waals surface area contributed by atoms with Crippen LogP contribution in [0.15, 0.2) is 30.5 Å². The zero-order valence-electron chi connectivity index (χ0n) is 16.5. The molecule has 0 unspecified atom stereocenters. The molecule has 0 radical (unpaired) electrons. The van der Waals surface area contributed by atoms with Crippen LogP contribution in [0.5, 0.6) is 0 Å². The van der Waals surface area contributed by atoms with Gasteiger partial charge in [0, 0.05) is 31.4 Å². The highest BCUT2D eigenvalue weighted by Gasteiger charge is 2.40. The number of hydrogen-bond acceptors (Lipinski definition) is 7. The molecule has 0 aromatic carbocycles. The number of carbonyl (C=O) groups is 2. The topological polar surface area (TPSA) is 134 Å². The third-order valence-corrected chi connectivity index (χ3v) is 5.01. The summed E-state index contributed by atoms with van der Waals surface area (Å²) in [4.78, 5) is 48.1. The van der Waals surface area contributed by atoms with Gasteiger partial charge in [0.2, 0.25) is 0 Å². The van der Waals surface area contributed by atoms with Gasteiger partial charge < -0.3 is 10.2 Å². The number of anilines is 3. The van der Waals surface area contributed by atoms with Crippen LogP contribution in [0.2, 0.25) is 0 Å². The van der Waals surface area contributed by atoms with Gasteiger partial charge in [0.05, 0.1) is 22.7 Å². The summed E-state index contributed by atoms with van der Waals surface area (Å²) < 4.78 is 0. The summed E-state index contributed by atoms with van der Waals surface area (Å²) >= 11 is 0. The van der Waals surface area contributed by atoms with Crippen molar-refractivity contribution in [2.75, 3.05) is 28.2 Å². The van der Waals surface area contributed by atoms with Gasteiger partial charge in [-0.15, -0.1) is 0 Å². The lowest BCUT2D eigenvalue weighted by Gasteiger charge is -2.35. The van der Waals surface area contributed by atoms with Gasteiger partial charge in [0.25, 0.3) is 11.6 Å². The number of nitro groups is 1. The molecule has 2 N–H and O–H groups in total. The van der Waals surface area contributed by atoms with Gasteiger partial charge in [-0.2, -0.15) is 0 Å². The highest BCUT2D eigenvalue weighted by molar-refractivity contribution is 6.05. The summed E-state index contributed by atoms with van der Waals surface area (Å²) in [6.07, 6.45) is 2.02. The van der Waals surface area contributed by atoms with E-state index in [1.54, 1.807) is 12.1 Å². The maximum atomic E-state index is 13.1. The standard InChI is InChI=1S/C19H21N7O4/c1-11(2)21-18(27)14-3-4-15-17(22-14)25(13-6-8-24(15)10-13)19(28)23-16-9-12(26(29)30)5-7-20-16/h3-5,7,9,11,13H,6,8,10H2,1-2H3,(H,21,27)(H,20,23,28)/t13-/m0/s1. The molecule has 2 bridgehead atoms. The molecule has 3 amide bonds. The quantitative estimate of drug-likeness (QED) is 0.581. The van der Waals surface area contributed by atoms with Crippen molar-refractivity contribution in [3.05, 3.63) is 46.3 Å². The van der Waals surface area contributed by atoms with Gasteiger partial charge in [-0.3, -0.25) is 25.1 Å². The Kier molecular flexibility index (Phi) is 4.94. The SMILES string of the molecule is CC(C)NC(=O)c1ccc2c(n1)N(C(=O)Nc1cc([N+](=O)[O-])ccn1)[C@H]1CCN2C1. The van der Waals surface area contributed by atoms with E-state index in [1.165, 1.54) is 23.2 Å². The van der Waals surface area contributed by atoms with E-state index in [2.05, 4.69) is 25.5 Å². The minimum absolute atomic E-state index is 0.0467. The molecule has 11 heteroatoms. The lowest BCUT2D eigenvalue weighted by molar-refractivity contribution is -0.384. The molecular formula is C19H21N7O4. The minimum Gasteiger partial charge on any atom is -0.366 e. The number of carbonyl (C=O) groups excluding carboxylic acids is 2. The Morgan fingerprint density at radius 2 is 2.10 bits per heavy atom. The Hall–Kier alpha value is -3.76. The second-order valence-corrected chi connectivity index (χ2v) is 7.51. The van der Waals surface area contributed by atoms with Crippen LogP contribution in [-0.2, 0) is 0 Å². The average Bonchev–Trinajstić information content (AvgIpc) is 3.11. The molecule has 4 heterocycles. The second kappa shape index (κ2) is 7.58. The first-order chi connectivity index (χ1) is 14.3. The highest BCUT2D eigenvalue weighted by Crippen LogP contribution is 2.39. The molecule has 30 heavy (non-hydrogen) atoms. The van der Waals surface area contributed by atoms with Crippen molar-refractivity contribution in [1.29, 1.82) is 0 Å². The fraction of sp³-hybridized carbons (Fsp3) is 0.368. The Labute approximate surface area is 172 Å². The zero-order chi connectivity index (χ0) is 21.4. The number of nitrogens with zero attached hydrogens (tertiary/aromatic N) is 5. The summed E-state index contributed by atoms with van der Waals surface area (Å²) in [5.74, 6) is 0.148. The van der Waals surface area contributed by atoms with Gasteiger partial charge in [-0.05, 0) is 32.4 Å². The number of amides is 3. The van der Waals surface area contributed by atoms with E-state index in [0.29, 0.717) is 12.4 Å². The van der Waals surface area contributed by atoms with E-state index in [9.17, 15) is 19.7 Å². The molecular weight excluding hydrogens is 390 g/mol. The Balaban J connectivity index is 1.65. The third kappa shape index (κ3) is 3.61. The van der Waals surface area contributed by atoms with Crippen LogP contribution < -0.4 is 20.4 Å². The van der Waals surface area contributed by atoms with Crippen LogP contribution in [-0.4, -0.2) is 52.0 Å². The maximum absolute atomic E-state index is 13.1. The summed E-state index contributed by atoms with van der Waals surface area (Å²) in [7, 11) is 0. The molecule has 156 valence electrons. The molecule has 0 saturated carbocycles. The van der Waals surface area contributed by atoms with Crippen molar-refractivity contribution in [1.82, 2.24) is 15.3 Å². The van der Waals surface area contributed by atoms with Crippen LogP contribution in [0.1, 0.15) is 30.8 Å². The zero-order valence-corrected chi connectivity index (χ0v) is 16.5. The van der Waals surface area contributed by atoms with Crippen LogP contribution in [0.4, 0.5) is 27.8 Å². The maximum Gasteiger partial charge on any atom is 0.329 e. The van der Waals surface area contributed by atoms with Gasteiger partial charge in [-0.1, -0.05) is 0 Å². The fourth-order valence-electron chi connectivity index (χ4n) is 3.71. The van der Waals surface area contributed by atoms with Crippen LogP contribution in [0, 0.1) is 10.1 Å². The third-order valence-electron chi connectivity index (χ3n) is 5.01. The van der Waals surface area contributed by atoms with E-state index in [0.717, 1.165) is 18.7 Å². The van der Waals surface area contributed by atoms with Crippen molar-refractivity contribution < 1.29 is 14.5 Å². The number of aromatic nitrogens is 2. The van der Waals surface area contributed by atoms with Crippen molar-refractivity contribution in [2.45, 2.75) is 32.4 Å². The summed E-state index contributed by atoms with van der Waals surface area (Å²) in [5.41, 5.74) is 0.820. The van der Waals surface area contributed by atoms with Crippen LogP contribution >= 0.6 is 0 Å². The molecule has 0 spiro atoms. The monoisotopic (exact) mass is 411 g/mol. The smallest absolute Gasteiger partial charge is 0.329 e. The largest absolute Gasteiger partial charge is 0.366 e. The highest BCUT2D eigenvalue weighted by atomic mass is 16.6. The summed E-state index contributed by atoms with van der Waals surface area (Å²) in [6, 6.07) is 5.23. The minimum atomic E-state index is -0.552. The van der Waals surface area contributed by atoms with Crippen LogP contribution in [0.25, 0.3) is 0 Å². The number of fused-ring (bicyclic) bond motifs is 4. The van der Waals surface area contributed by atoms with Gasteiger partial charge in [-0.25, -0.2) is 14.8 Å². The van der Waals surface area contributed by atoms with E-state index in [-0.39, 0.29) is 35.2 Å². The molecule has 2 aliphatic rings. The predicted molar refractivity (Wildman–Crippen MR) is 110 cm³/mol. The normalized spacial score (nSPS) is 17.0. The van der Waals surface area contributed by atoms with Crippen molar-refractivity contribution in [3.63, 3.8) is 0 Å². The lowest BCUT2D eigenvalue weighted by Crippen LogP contribution is -2.48. The van der Waals surface area contributed by atoms with Crippen molar-refractivity contribution in [3.8, 4) is 0 Å². The van der Waals surface area contributed by atoms with E-state index < -0.39 is 11.0 Å². The molecule has 11 nitrogen and oxygen atoms in total. The Bertz CT molecular complexity index is 1030. The molecule has 1 fully saturated rings. The first kappa shape index (κ1) is 19.6. The first-order valence-electron chi connectivity index (χ1n) is 9.61. The number of rotatable bonds is 4. The van der Waals surface area contributed by atoms with Crippen molar-refractivity contribution in [2.24, 2.45) is 0 Å². The van der Waals surface area contributed by atoms with Gasteiger partial charge >= 0.3 is 6.03 Å². The molecule has 1 atom stereocenters. The number of nitrogens with one attached hydrogen (secondary N) is 2. The Morgan fingerprint density at radius 1 is 1.30 bits per heavy atom. The van der Waals surface area contributed by atoms with Crippen molar-refractivity contribution >= 4 is 34.9 Å². The van der Waals surface area contributed by atoms with E-state index in [1.807, 2.05) is 13.8 Å². The van der Waals surface area contributed by atoms with Gasteiger partial charge in [0.1, 0.15) is 11.5 Å². The second-order valence-electron chi connectivity index (χ2n) is 7.51. The molecule has 2 aromatic rings. The lowest BCUT2D eigenvalue weighted by atomic mass is 10.1. The van der Waals surface area contributed by atoms with Crippen LogP contribution in [0.3, 0.4) is 0 Å². The fourth-order valence-corrected chi connectivity index (χ4v) is 3.71. The summed E-state index contributed by atoms with van der Waals surface area (Å²) in [5, 5.41) is 16.4. The molecule has 2 aliphatic heterocycles. The van der Waals surface area contributed by atoms with Gasteiger partial charge in [0.15, 0.2) is 5.82 Å². The predicted octanol–water partition coefficient (Wildman–Crippen LogP) is 2.15. The molecule has 2 aromatic heterocycles. The first-order valence-corrected chi connectivity index (χ1v) is 9.61. The average molecular weight is 411 g/mol. The van der Waals surface area contributed by atoms with E-state index in [4.69, 9.17) is 0 Å². The molecule has 1 saturated heterocycles. The number of hydrogen-bond donors (Lipinski definition) is 2. The Morgan fingerprint density at radius 3 is 2.83 bits per heavy atom. The number of pyridine rings is 2. The molecule has 0 aliphatic carbocycles. The summed E-state index contributed by atoms with van der Waals surface area (Å²) in [6.45, 7) is 5.14. The molecule has 4 rings (SSSR count).